The van der Waals surface area contributed by atoms with E-state index in [2.05, 4.69) is 17.2 Å². The molecule has 98 valence electrons. The van der Waals surface area contributed by atoms with Crippen LogP contribution in [0.2, 0.25) is 0 Å². The molecule has 0 spiro atoms. The van der Waals surface area contributed by atoms with Gasteiger partial charge in [-0.1, -0.05) is 12.8 Å². The van der Waals surface area contributed by atoms with Gasteiger partial charge in [0, 0.05) is 17.8 Å². The van der Waals surface area contributed by atoms with Crippen LogP contribution in [0.15, 0.2) is 12.3 Å². The third-order valence-corrected chi connectivity index (χ3v) is 3.78. The maximum Gasteiger partial charge on any atom is 0.314 e. The number of pyridine rings is 1. The molecule has 0 bridgehead atoms. The van der Waals surface area contributed by atoms with E-state index < -0.39 is 0 Å². The van der Waals surface area contributed by atoms with Gasteiger partial charge in [0.15, 0.2) is 0 Å². The third-order valence-electron chi connectivity index (χ3n) is 3.78. The van der Waals surface area contributed by atoms with Crippen molar-refractivity contribution in [3.8, 4) is 0 Å². The molecular formula is C13H19N3O2. The second-order valence-corrected chi connectivity index (χ2v) is 5.06. The molecule has 1 heterocycles. The Bertz CT molecular complexity index is 442. The van der Waals surface area contributed by atoms with E-state index in [0.29, 0.717) is 17.3 Å². The quantitative estimate of drug-likeness (QED) is 0.656. The number of aromatic nitrogens is 1. The van der Waals surface area contributed by atoms with E-state index in [-0.39, 0.29) is 16.7 Å². The van der Waals surface area contributed by atoms with Gasteiger partial charge in [-0.3, -0.25) is 10.1 Å². The van der Waals surface area contributed by atoms with Crippen molar-refractivity contribution in [3.05, 3.63) is 27.9 Å². The Hall–Kier alpha value is -1.65. The van der Waals surface area contributed by atoms with Gasteiger partial charge < -0.3 is 5.32 Å². The molecule has 0 aliphatic heterocycles. The summed E-state index contributed by atoms with van der Waals surface area (Å²) in [6, 6.07) is 1.91. The molecule has 2 rings (SSSR count). The van der Waals surface area contributed by atoms with Gasteiger partial charge in [0.2, 0.25) is 5.82 Å². The highest BCUT2D eigenvalue weighted by atomic mass is 16.6. The van der Waals surface area contributed by atoms with Crippen molar-refractivity contribution in [3.63, 3.8) is 0 Å². The average molecular weight is 249 g/mol. The first-order valence-corrected chi connectivity index (χ1v) is 6.46. The van der Waals surface area contributed by atoms with Gasteiger partial charge in [-0.15, -0.1) is 0 Å². The van der Waals surface area contributed by atoms with Gasteiger partial charge in [0.05, 0.1) is 4.92 Å². The van der Waals surface area contributed by atoms with Gasteiger partial charge in [0.25, 0.3) is 0 Å². The summed E-state index contributed by atoms with van der Waals surface area (Å²) in [4.78, 5) is 14.8. The molecular weight excluding hydrogens is 230 g/mol. The molecule has 1 atom stereocenters. The zero-order valence-corrected chi connectivity index (χ0v) is 10.8. The fourth-order valence-electron chi connectivity index (χ4n) is 2.68. The van der Waals surface area contributed by atoms with E-state index in [0.717, 1.165) is 0 Å². The average Bonchev–Trinajstić information content (AvgIpc) is 2.81. The van der Waals surface area contributed by atoms with Crippen LogP contribution in [-0.2, 0) is 0 Å². The van der Waals surface area contributed by atoms with Crippen LogP contribution < -0.4 is 5.32 Å². The van der Waals surface area contributed by atoms with Crippen LogP contribution >= 0.6 is 0 Å². The Kier molecular flexibility index (Phi) is 3.79. The van der Waals surface area contributed by atoms with Crippen molar-refractivity contribution in [2.45, 2.75) is 45.6 Å². The van der Waals surface area contributed by atoms with Gasteiger partial charge in [0.1, 0.15) is 0 Å². The third kappa shape index (κ3) is 2.60. The highest BCUT2D eigenvalue weighted by molar-refractivity contribution is 5.60. The summed E-state index contributed by atoms with van der Waals surface area (Å²) in [7, 11) is 0. The highest BCUT2D eigenvalue weighted by Gasteiger charge is 2.25. The highest BCUT2D eigenvalue weighted by Crippen LogP contribution is 2.31. The molecule has 1 N–H and O–H groups in total. The molecule has 18 heavy (non-hydrogen) atoms. The van der Waals surface area contributed by atoms with Crippen LogP contribution in [0.4, 0.5) is 11.5 Å². The molecule has 1 aromatic heterocycles. The molecule has 0 radical (unpaired) electrons. The molecule has 1 unspecified atom stereocenters. The summed E-state index contributed by atoms with van der Waals surface area (Å²) >= 11 is 0. The van der Waals surface area contributed by atoms with E-state index in [1.54, 1.807) is 19.2 Å². The Morgan fingerprint density at radius 3 is 2.78 bits per heavy atom. The monoisotopic (exact) mass is 249 g/mol. The molecule has 1 aromatic rings. The lowest BCUT2D eigenvalue weighted by Crippen LogP contribution is -2.25. The zero-order valence-electron chi connectivity index (χ0n) is 10.8. The first kappa shape index (κ1) is 12.8. The molecule has 1 fully saturated rings. The fraction of sp³-hybridized carbons (Fsp3) is 0.615. The van der Waals surface area contributed by atoms with Gasteiger partial charge in [-0.05, 0) is 38.7 Å². The van der Waals surface area contributed by atoms with Crippen molar-refractivity contribution in [2.75, 3.05) is 5.32 Å². The number of nitrogens with zero attached hydrogens (tertiary/aromatic N) is 2. The van der Waals surface area contributed by atoms with E-state index in [1.807, 2.05) is 0 Å². The fourth-order valence-corrected chi connectivity index (χ4v) is 2.68. The lowest BCUT2D eigenvalue weighted by molar-refractivity contribution is -0.384. The first-order valence-electron chi connectivity index (χ1n) is 6.46. The predicted molar refractivity (Wildman–Crippen MR) is 70.7 cm³/mol. The molecule has 1 saturated carbocycles. The summed E-state index contributed by atoms with van der Waals surface area (Å²) in [6.07, 6.45) is 6.55. The lowest BCUT2D eigenvalue weighted by Gasteiger charge is -2.20. The Morgan fingerprint density at radius 2 is 2.17 bits per heavy atom. The van der Waals surface area contributed by atoms with Crippen LogP contribution in [0.5, 0.6) is 0 Å². The van der Waals surface area contributed by atoms with Gasteiger partial charge in [-0.2, -0.15) is 0 Å². The van der Waals surface area contributed by atoms with Crippen LogP contribution in [-0.4, -0.2) is 15.9 Å². The predicted octanol–water partition coefficient (Wildman–Crippen LogP) is 3.29. The van der Waals surface area contributed by atoms with Crippen LogP contribution in [0.25, 0.3) is 0 Å². The molecule has 0 saturated heterocycles. The smallest absolute Gasteiger partial charge is 0.314 e. The number of aryl methyl sites for hydroxylation is 1. The Labute approximate surface area is 107 Å². The minimum Gasteiger partial charge on any atom is -0.362 e. The molecule has 1 aliphatic carbocycles. The Morgan fingerprint density at radius 1 is 1.50 bits per heavy atom. The van der Waals surface area contributed by atoms with E-state index in [1.165, 1.54) is 25.7 Å². The Balaban J connectivity index is 2.17. The second-order valence-electron chi connectivity index (χ2n) is 5.06. The zero-order chi connectivity index (χ0) is 13.1. The van der Waals surface area contributed by atoms with Gasteiger partial charge >= 0.3 is 5.69 Å². The summed E-state index contributed by atoms with van der Waals surface area (Å²) in [5, 5.41) is 14.3. The van der Waals surface area contributed by atoms with Crippen molar-refractivity contribution >= 4 is 11.5 Å². The SMILES string of the molecule is Cc1ccnc(NC(C)C2CCCC2)c1[N+](=O)[O-]. The molecule has 0 aromatic carbocycles. The van der Waals surface area contributed by atoms with Crippen molar-refractivity contribution in [2.24, 2.45) is 5.92 Å². The van der Waals surface area contributed by atoms with Crippen LogP contribution in [0.3, 0.4) is 0 Å². The minimum absolute atomic E-state index is 0.0994. The molecule has 5 heteroatoms. The maximum absolute atomic E-state index is 11.1. The second kappa shape index (κ2) is 5.33. The summed E-state index contributed by atoms with van der Waals surface area (Å²) in [5.41, 5.74) is 0.749. The molecule has 0 amide bonds. The number of rotatable bonds is 4. The van der Waals surface area contributed by atoms with Gasteiger partial charge in [-0.25, -0.2) is 4.98 Å². The van der Waals surface area contributed by atoms with E-state index >= 15 is 0 Å². The normalized spacial score (nSPS) is 17.7. The lowest BCUT2D eigenvalue weighted by atomic mass is 10.00. The number of hydrogen-bond donors (Lipinski definition) is 1. The number of hydrogen-bond acceptors (Lipinski definition) is 4. The van der Waals surface area contributed by atoms with Crippen molar-refractivity contribution < 1.29 is 4.92 Å². The number of nitrogens with one attached hydrogen (secondary N) is 1. The summed E-state index contributed by atoms with van der Waals surface area (Å²) in [6.45, 7) is 3.83. The molecule has 1 aliphatic rings. The minimum atomic E-state index is -0.355. The summed E-state index contributed by atoms with van der Waals surface area (Å²) in [5.74, 6) is 1.01. The summed E-state index contributed by atoms with van der Waals surface area (Å²) < 4.78 is 0. The molecule has 5 nitrogen and oxygen atoms in total. The van der Waals surface area contributed by atoms with Crippen molar-refractivity contribution in [1.29, 1.82) is 0 Å². The first-order chi connectivity index (χ1) is 8.59. The topological polar surface area (TPSA) is 68.1 Å². The maximum atomic E-state index is 11.1. The van der Waals surface area contributed by atoms with Crippen LogP contribution in [0.1, 0.15) is 38.2 Å². The van der Waals surface area contributed by atoms with E-state index in [9.17, 15) is 10.1 Å². The van der Waals surface area contributed by atoms with Crippen molar-refractivity contribution in [1.82, 2.24) is 4.98 Å². The standard InChI is InChI=1S/C13H19N3O2/c1-9-7-8-14-13(12(9)16(17)18)15-10(2)11-5-3-4-6-11/h7-8,10-11H,3-6H2,1-2H3,(H,14,15). The largest absolute Gasteiger partial charge is 0.362 e. The van der Waals surface area contributed by atoms with Crippen LogP contribution in [0, 0.1) is 23.0 Å². The van der Waals surface area contributed by atoms with E-state index in [4.69, 9.17) is 0 Å². The number of nitro groups is 1. The number of anilines is 1.